The fourth-order valence-electron chi connectivity index (χ4n) is 2.66. The van der Waals surface area contributed by atoms with E-state index in [1.165, 1.54) is 18.2 Å². The molecule has 25 heavy (non-hydrogen) atoms. The van der Waals surface area contributed by atoms with Crippen LogP contribution in [0.15, 0.2) is 46.4 Å². The predicted octanol–water partition coefficient (Wildman–Crippen LogP) is 4.09. The number of hydrogen-bond donors (Lipinski definition) is 1. The molecule has 0 aliphatic carbocycles. The molecule has 0 atom stereocenters. The predicted molar refractivity (Wildman–Crippen MR) is 95.4 cm³/mol. The first kappa shape index (κ1) is 17.0. The van der Waals surface area contributed by atoms with Gasteiger partial charge in [-0.15, -0.1) is 11.8 Å². The first-order valence-corrected chi connectivity index (χ1v) is 8.58. The Morgan fingerprint density at radius 3 is 2.92 bits per heavy atom. The summed E-state index contributed by atoms with van der Waals surface area (Å²) in [6.07, 6.45) is 0. The molecule has 1 aliphatic rings. The molecule has 0 aromatic heterocycles. The van der Waals surface area contributed by atoms with Gasteiger partial charge in [-0.05, 0) is 41.4 Å². The smallest absolute Gasteiger partial charge is 0.257 e. The highest BCUT2D eigenvalue weighted by atomic mass is 32.2. The molecule has 0 saturated carbocycles. The van der Waals surface area contributed by atoms with E-state index < -0.39 is 0 Å². The Morgan fingerprint density at radius 2 is 2.20 bits per heavy atom. The number of amides is 1. The number of nitrogens with zero attached hydrogens (tertiary/aromatic N) is 4. The topological polar surface area (TPSA) is 98.5 Å². The minimum absolute atomic E-state index is 0.188. The molecule has 0 bridgehead atoms. The maximum absolute atomic E-state index is 12.8. The molecule has 8 heteroatoms. The van der Waals surface area contributed by atoms with Gasteiger partial charge in [0.15, 0.2) is 0 Å². The molecule has 0 radical (unpaired) electrons. The Balaban J connectivity index is 1.88. The number of methoxy groups -OCH3 is 1. The molecular formula is C17H16N4O3S. The summed E-state index contributed by atoms with van der Waals surface area (Å²) in [7, 11) is 1.61. The molecular weight excluding hydrogens is 340 g/mol. The summed E-state index contributed by atoms with van der Waals surface area (Å²) in [4.78, 5) is 18.3. The molecule has 0 fully saturated rings. The molecule has 1 heterocycles. The van der Waals surface area contributed by atoms with Gasteiger partial charge in [0.2, 0.25) is 0 Å². The number of carbonyl (C=O) groups is 1. The Bertz CT molecular complexity index is 865. The van der Waals surface area contributed by atoms with Gasteiger partial charge in [-0.1, -0.05) is 11.2 Å². The van der Waals surface area contributed by atoms with Crippen molar-refractivity contribution in [1.82, 2.24) is 4.90 Å². The maximum atomic E-state index is 12.8. The summed E-state index contributed by atoms with van der Waals surface area (Å²) >= 11 is 1.69. The second-order valence-corrected chi connectivity index (χ2v) is 6.58. The number of aromatic hydroxyl groups is 1. The number of thioether (sulfide) groups is 1. The van der Waals surface area contributed by atoms with Crippen molar-refractivity contribution in [2.24, 2.45) is 5.11 Å². The lowest BCUT2D eigenvalue weighted by Crippen LogP contribution is -2.31. The SMILES string of the molecule is COc1ccc2c(c1)CN(C(=O)c1ccc(N=[N+]=[N-])cc1O)CCS2. The quantitative estimate of drug-likeness (QED) is 0.508. The van der Waals surface area contributed by atoms with Crippen molar-refractivity contribution >= 4 is 23.4 Å². The van der Waals surface area contributed by atoms with E-state index in [1.807, 2.05) is 18.2 Å². The summed E-state index contributed by atoms with van der Waals surface area (Å²) in [5.74, 6) is 1.05. The molecule has 0 saturated heterocycles. The van der Waals surface area contributed by atoms with Crippen molar-refractivity contribution < 1.29 is 14.6 Å². The van der Waals surface area contributed by atoms with Crippen LogP contribution in [0.3, 0.4) is 0 Å². The summed E-state index contributed by atoms with van der Waals surface area (Å²) in [6, 6.07) is 10.1. The third-order valence-electron chi connectivity index (χ3n) is 3.91. The number of rotatable bonds is 3. The van der Waals surface area contributed by atoms with Crippen molar-refractivity contribution in [2.75, 3.05) is 19.4 Å². The highest BCUT2D eigenvalue weighted by Crippen LogP contribution is 2.32. The molecule has 0 spiro atoms. The van der Waals surface area contributed by atoms with Crippen molar-refractivity contribution in [3.05, 3.63) is 58.0 Å². The maximum Gasteiger partial charge on any atom is 0.257 e. The van der Waals surface area contributed by atoms with Gasteiger partial charge in [-0.25, -0.2) is 0 Å². The van der Waals surface area contributed by atoms with Gasteiger partial charge in [0.25, 0.3) is 5.91 Å². The lowest BCUT2D eigenvalue weighted by molar-refractivity contribution is 0.0751. The third kappa shape index (κ3) is 3.65. The lowest BCUT2D eigenvalue weighted by Gasteiger charge is -2.21. The minimum Gasteiger partial charge on any atom is -0.507 e. The zero-order chi connectivity index (χ0) is 17.8. The highest BCUT2D eigenvalue weighted by molar-refractivity contribution is 7.99. The van der Waals surface area contributed by atoms with Gasteiger partial charge >= 0.3 is 0 Å². The van der Waals surface area contributed by atoms with Gasteiger partial charge in [0.1, 0.15) is 11.5 Å². The minimum atomic E-state index is -0.263. The first-order chi connectivity index (χ1) is 12.1. The summed E-state index contributed by atoms with van der Waals surface area (Å²) in [5.41, 5.74) is 9.91. The van der Waals surface area contributed by atoms with Crippen molar-refractivity contribution in [1.29, 1.82) is 0 Å². The molecule has 0 unspecified atom stereocenters. The Kier molecular flexibility index (Phi) is 5.02. The Morgan fingerprint density at radius 1 is 1.36 bits per heavy atom. The van der Waals surface area contributed by atoms with E-state index in [9.17, 15) is 9.90 Å². The van der Waals surface area contributed by atoms with E-state index in [0.717, 1.165) is 22.0 Å². The zero-order valence-electron chi connectivity index (χ0n) is 13.5. The van der Waals surface area contributed by atoms with Crippen LogP contribution in [0.1, 0.15) is 15.9 Å². The van der Waals surface area contributed by atoms with Gasteiger partial charge in [0, 0.05) is 34.3 Å². The Hall–Kier alpha value is -2.83. The monoisotopic (exact) mass is 356 g/mol. The summed E-state index contributed by atoms with van der Waals surface area (Å²) in [5, 5.41) is 13.5. The van der Waals surface area contributed by atoms with Crippen LogP contribution in [0, 0.1) is 0 Å². The van der Waals surface area contributed by atoms with Crippen LogP contribution in [0.5, 0.6) is 11.5 Å². The number of hydrogen-bond acceptors (Lipinski definition) is 5. The van der Waals surface area contributed by atoms with Crippen LogP contribution in [-0.2, 0) is 6.54 Å². The van der Waals surface area contributed by atoms with Crippen LogP contribution in [0.4, 0.5) is 5.69 Å². The largest absolute Gasteiger partial charge is 0.507 e. The van der Waals surface area contributed by atoms with Crippen LogP contribution in [-0.4, -0.2) is 35.3 Å². The normalized spacial score (nSPS) is 13.4. The molecule has 1 N–H and O–H groups in total. The van der Waals surface area contributed by atoms with Gasteiger partial charge in [0.05, 0.1) is 12.7 Å². The number of phenolic OH excluding ortho intramolecular Hbond substituents is 1. The van der Waals surface area contributed by atoms with Crippen LogP contribution in [0.2, 0.25) is 0 Å². The molecule has 2 aromatic carbocycles. The number of phenols is 1. The van der Waals surface area contributed by atoms with E-state index in [0.29, 0.717) is 13.1 Å². The van der Waals surface area contributed by atoms with Crippen LogP contribution < -0.4 is 4.74 Å². The number of carbonyl (C=O) groups excluding carboxylic acids is 1. The van der Waals surface area contributed by atoms with Crippen molar-refractivity contribution in [3.63, 3.8) is 0 Å². The van der Waals surface area contributed by atoms with Crippen molar-refractivity contribution in [3.8, 4) is 11.5 Å². The molecule has 1 aliphatic heterocycles. The number of azide groups is 1. The second kappa shape index (κ2) is 7.38. The number of fused-ring (bicyclic) bond motifs is 1. The van der Waals surface area contributed by atoms with E-state index >= 15 is 0 Å². The zero-order valence-corrected chi connectivity index (χ0v) is 14.4. The fourth-order valence-corrected chi connectivity index (χ4v) is 3.66. The molecule has 3 rings (SSSR count). The number of ether oxygens (including phenoxy) is 1. The van der Waals surface area contributed by atoms with Crippen molar-refractivity contribution in [2.45, 2.75) is 11.4 Å². The van der Waals surface area contributed by atoms with Gasteiger partial charge in [-0.3, -0.25) is 4.79 Å². The molecule has 128 valence electrons. The average molecular weight is 356 g/mol. The third-order valence-corrected chi connectivity index (χ3v) is 5.00. The van der Waals surface area contributed by atoms with Gasteiger partial charge < -0.3 is 14.7 Å². The fraction of sp³-hybridized carbons (Fsp3) is 0.235. The second-order valence-electron chi connectivity index (χ2n) is 5.44. The Labute approximate surface area is 148 Å². The van der Waals surface area contributed by atoms with Crippen LogP contribution in [0.25, 0.3) is 10.4 Å². The lowest BCUT2D eigenvalue weighted by atomic mass is 10.1. The standard InChI is InChI=1S/C17H16N4O3S/c1-24-13-3-5-16-11(8-13)10-21(6-7-25-16)17(23)14-4-2-12(19-20-18)9-15(14)22/h2-5,8-9,22H,6-7,10H2,1H3. The summed E-state index contributed by atoms with van der Waals surface area (Å²) in [6.45, 7) is 1.01. The highest BCUT2D eigenvalue weighted by Gasteiger charge is 2.23. The van der Waals surface area contributed by atoms with Gasteiger partial charge in [-0.2, -0.15) is 0 Å². The first-order valence-electron chi connectivity index (χ1n) is 7.59. The molecule has 1 amide bonds. The van der Waals surface area contributed by atoms with E-state index in [2.05, 4.69) is 10.0 Å². The molecule has 7 nitrogen and oxygen atoms in total. The van der Waals surface area contributed by atoms with Crippen LogP contribution >= 0.6 is 11.8 Å². The van der Waals surface area contributed by atoms with E-state index in [-0.39, 0.29) is 22.9 Å². The van der Waals surface area contributed by atoms with E-state index in [1.54, 1.807) is 23.8 Å². The average Bonchev–Trinajstić information content (AvgIpc) is 2.83. The summed E-state index contributed by atoms with van der Waals surface area (Å²) < 4.78 is 5.26. The molecule has 2 aromatic rings. The number of benzene rings is 2. The van der Waals surface area contributed by atoms with E-state index in [4.69, 9.17) is 10.3 Å².